The largest absolute Gasteiger partial charge is 0.325 e. The number of hydrogen-bond donors (Lipinski definition) is 1. The molecule has 0 fully saturated rings. The molecule has 0 aliphatic rings. The summed E-state index contributed by atoms with van der Waals surface area (Å²) in [5.74, 6) is -1.82. The Bertz CT molecular complexity index is 555. The molecule has 1 aromatic rings. The van der Waals surface area contributed by atoms with Crippen LogP contribution in [0.15, 0.2) is 29.2 Å². The molecule has 0 aromatic heterocycles. The molecule has 0 saturated carbocycles. The van der Waals surface area contributed by atoms with Gasteiger partial charge in [-0.1, -0.05) is 0 Å². The highest BCUT2D eigenvalue weighted by molar-refractivity contribution is 7.91. The topological polar surface area (TPSA) is 106 Å². The van der Waals surface area contributed by atoms with Crippen LogP contribution in [0, 0.1) is 10.1 Å². The van der Waals surface area contributed by atoms with Gasteiger partial charge in [-0.15, -0.1) is 11.6 Å². The summed E-state index contributed by atoms with van der Waals surface area (Å²) in [6.45, 7) is 0. The van der Waals surface area contributed by atoms with Crippen molar-refractivity contribution in [2.45, 2.75) is 4.90 Å². The highest BCUT2D eigenvalue weighted by atomic mass is 35.5. The van der Waals surface area contributed by atoms with Gasteiger partial charge in [0.15, 0.2) is 0 Å². The van der Waals surface area contributed by atoms with Crippen LogP contribution >= 0.6 is 11.6 Å². The van der Waals surface area contributed by atoms with Gasteiger partial charge in [-0.3, -0.25) is 14.9 Å². The number of amides is 1. The van der Waals surface area contributed by atoms with Gasteiger partial charge in [-0.2, -0.15) is 0 Å². The number of rotatable bonds is 5. The van der Waals surface area contributed by atoms with Gasteiger partial charge in [-0.25, -0.2) is 8.42 Å². The summed E-state index contributed by atoms with van der Waals surface area (Å²) in [6, 6.07) is 5.03. The van der Waals surface area contributed by atoms with E-state index in [0.717, 1.165) is 0 Å². The quantitative estimate of drug-likeness (QED) is 0.492. The fraction of sp³-hybridized carbons (Fsp3) is 0.222. The van der Waals surface area contributed by atoms with Gasteiger partial charge in [-0.05, 0) is 24.3 Å². The van der Waals surface area contributed by atoms with Crippen LogP contribution < -0.4 is 5.32 Å². The number of nitrogens with zero attached hydrogens (tertiary/aromatic N) is 1. The van der Waals surface area contributed by atoms with E-state index in [1.165, 1.54) is 24.3 Å². The van der Waals surface area contributed by atoms with Crippen LogP contribution in [-0.2, 0) is 14.6 Å². The minimum Gasteiger partial charge on any atom is -0.325 e. The molecule has 0 bridgehead atoms. The van der Waals surface area contributed by atoms with Crippen molar-refractivity contribution in [3.63, 3.8) is 0 Å². The number of carbonyl (C=O) groups excluding carboxylic acids is 1. The smallest absolute Gasteiger partial charge is 0.305 e. The summed E-state index contributed by atoms with van der Waals surface area (Å²) < 4.78 is 23.0. The van der Waals surface area contributed by atoms with E-state index in [0.29, 0.717) is 5.69 Å². The second kappa shape index (κ2) is 5.78. The summed E-state index contributed by atoms with van der Waals surface area (Å²) >= 11 is 5.28. The third kappa shape index (κ3) is 3.97. The van der Waals surface area contributed by atoms with E-state index in [4.69, 9.17) is 11.6 Å². The minimum atomic E-state index is -3.95. The third-order valence-electron chi connectivity index (χ3n) is 1.89. The van der Waals surface area contributed by atoms with E-state index >= 15 is 0 Å². The van der Waals surface area contributed by atoms with E-state index in [1.54, 1.807) is 0 Å². The molecule has 1 amide bonds. The number of sulfone groups is 1. The fourth-order valence-corrected chi connectivity index (χ4v) is 2.20. The maximum atomic E-state index is 11.5. The van der Waals surface area contributed by atoms with Gasteiger partial charge in [0.1, 0.15) is 5.88 Å². The van der Waals surface area contributed by atoms with Crippen molar-refractivity contribution in [1.29, 1.82) is 0 Å². The number of carbonyl (C=O) groups is 1. The van der Waals surface area contributed by atoms with Crippen molar-refractivity contribution in [3.8, 4) is 0 Å². The molecule has 0 spiro atoms. The second-order valence-electron chi connectivity index (χ2n) is 3.28. The summed E-state index contributed by atoms with van der Waals surface area (Å²) in [5, 5.41) is 12.6. The van der Waals surface area contributed by atoms with Gasteiger partial charge in [0.25, 0.3) is 0 Å². The van der Waals surface area contributed by atoms with E-state index in [9.17, 15) is 23.3 Å². The lowest BCUT2D eigenvalue weighted by atomic mass is 10.3. The predicted octanol–water partition coefficient (Wildman–Crippen LogP) is 0.872. The van der Waals surface area contributed by atoms with E-state index in [1.807, 2.05) is 0 Å². The van der Waals surface area contributed by atoms with Crippen LogP contribution in [0.2, 0.25) is 0 Å². The van der Waals surface area contributed by atoms with Crippen LogP contribution in [0.5, 0.6) is 0 Å². The van der Waals surface area contributed by atoms with Crippen molar-refractivity contribution in [2.75, 3.05) is 17.1 Å². The van der Waals surface area contributed by atoms with Crippen molar-refractivity contribution in [1.82, 2.24) is 0 Å². The van der Waals surface area contributed by atoms with Gasteiger partial charge < -0.3 is 5.32 Å². The lowest BCUT2D eigenvalue weighted by molar-refractivity contribution is -0.458. The molecule has 0 unspecified atom stereocenters. The summed E-state index contributed by atoms with van der Waals surface area (Å²) in [5.41, 5.74) is 0.362. The molecule has 0 aliphatic carbocycles. The normalized spacial score (nSPS) is 10.9. The average molecular weight is 293 g/mol. The molecule has 1 rings (SSSR count). The molecule has 1 aromatic carbocycles. The molecule has 7 nitrogen and oxygen atoms in total. The van der Waals surface area contributed by atoms with Gasteiger partial charge >= 0.3 is 5.88 Å². The van der Waals surface area contributed by atoms with Crippen LogP contribution in [0.1, 0.15) is 0 Å². The Morgan fingerprint density at radius 2 is 1.89 bits per heavy atom. The molecule has 0 aliphatic heterocycles. The Labute approximate surface area is 108 Å². The van der Waals surface area contributed by atoms with Gasteiger partial charge in [0.05, 0.1) is 4.90 Å². The molecule has 0 radical (unpaired) electrons. The number of benzene rings is 1. The monoisotopic (exact) mass is 292 g/mol. The summed E-state index contributed by atoms with van der Waals surface area (Å²) in [7, 11) is -3.95. The highest BCUT2D eigenvalue weighted by Gasteiger charge is 2.20. The molecule has 1 N–H and O–H groups in total. The van der Waals surface area contributed by atoms with Gasteiger partial charge in [0.2, 0.25) is 15.7 Å². The minimum absolute atomic E-state index is 0.178. The maximum absolute atomic E-state index is 11.5. The zero-order valence-corrected chi connectivity index (χ0v) is 10.6. The number of alkyl halides is 1. The van der Waals surface area contributed by atoms with Crippen LogP contribution in [-0.4, -0.2) is 31.0 Å². The van der Waals surface area contributed by atoms with Crippen LogP contribution in [0.25, 0.3) is 0 Å². The fourth-order valence-electron chi connectivity index (χ4n) is 1.15. The zero-order chi connectivity index (χ0) is 13.8. The first-order valence-corrected chi connectivity index (χ1v) is 6.84. The average Bonchev–Trinajstić information content (AvgIpc) is 2.28. The molecule has 0 atom stereocenters. The van der Waals surface area contributed by atoms with E-state index < -0.39 is 26.5 Å². The standard InChI is InChI=1S/C9H9ClN2O5S/c10-5-9(13)11-7-1-3-8(4-2-7)18(16,17)6-12(14)15/h1-4H,5-6H2,(H,11,13). The Balaban J connectivity index is 2.89. The number of halogens is 1. The molecule has 0 heterocycles. The maximum Gasteiger partial charge on any atom is 0.305 e. The summed E-state index contributed by atoms with van der Waals surface area (Å²) in [4.78, 5) is 20.1. The van der Waals surface area contributed by atoms with Gasteiger partial charge in [0, 0.05) is 10.6 Å². The van der Waals surface area contributed by atoms with Crippen molar-refractivity contribution >= 4 is 33.0 Å². The molecule has 0 saturated heterocycles. The van der Waals surface area contributed by atoms with E-state index in [2.05, 4.69) is 5.32 Å². The number of hydrogen-bond acceptors (Lipinski definition) is 5. The van der Waals surface area contributed by atoms with Crippen LogP contribution in [0.3, 0.4) is 0 Å². The first-order chi connectivity index (χ1) is 8.35. The molecule has 98 valence electrons. The van der Waals surface area contributed by atoms with E-state index in [-0.39, 0.29) is 10.8 Å². The van der Waals surface area contributed by atoms with Crippen molar-refractivity contribution < 1.29 is 18.1 Å². The Hall–Kier alpha value is -1.67. The number of nitrogens with one attached hydrogen (secondary N) is 1. The first kappa shape index (κ1) is 14.4. The number of nitro groups is 1. The molecular formula is C9H9ClN2O5S. The SMILES string of the molecule is O=C(CCl)Nc1ccc(S(=O)(=O)C[N+](=O)[O-])cc1. The third-order valence-corrected chi connectivity index (χ3v) is 3.68. The molecule has 18 heavy (non-hydrogen) atoms. The van der Waals surface area contributed by atoms with Crippen LogP contribution in [0.4, 0.5) is 5.69 Å². The first-order valence-electron chi connectivity index (χ1n) is 4.65. The summed E-state index contributed by atoms with van der Waals surface area (Å²) in [6.07, 6.45) is 0. The zero-order valence-electron chi connectivity index (χ0n) is 9.00. The molecule has 9 heteroatoms. The number of anilines is 1. The Morgan fingerprint density at radius 3 is 2.33 bits per heavy atom. The Kier molecular flexibility index (Phi) is 4.62. The lowest BCUT2D eigenvalue weighted by Crippen LogP contribution is -2.15. The van der Waals surface area contributed by atoms with Crippen molar-refractivity contribution in [3.05, 3.63) is 34.4 Å². The predicted molar refractivity (Wildman–Crippen MR) is 64.8 cm³/mol. The molecular weight excluding hydrogens is 284 g/mol. The lowest BCUT2D eigenvalue weighted by Gasteiger charge is -2.04. The highest BCUT2D eigenvalue weighted by Crippen LogP contribution is 2.15. The second-order valence-corrected chi connectivity index (χ2v) is 5.51. The Morgan fingerprint density at radius 1 is 1.33 bits per heavy atom. The van der Waals surface area contributed by atoms with Crippen molar-refractivity contribution in [2.24, 2.45) is 0 Å².